The lowest BCUT2D eigenvalue weighted by Crippen LogP contribution is -2.25. The quantitative estimate of drug-likeness (QED) is 0.728. The summed E-state index contributed by atoms with van der Waals surface area (Å²) in [6.45, 7) is 0. The van der Waals surface area contributed by atoms with Gasteiger partial charge < -0.3 is 5.73 Å². The van der Waals surface area contributed by atoms with Crippen molar-refractivity contribution in [1.29, 1.82) is 0 Å². The van der Waals surface area contributed by atoms with Gasteiger partial charge in [-0.15, -0.1) is 0 Å². The average molecular weight is 223 g/mol. The van der Waals surface area contributed by atoms with Crippen molar-refractivity contribution in [2.45, 2.75) is 6.42 Å². The number of carbonyl (C=O) groups is 1. The number of primary amides is 1. The van der Waals surface area contributed by atoms with E-state index in [0.29, 0.717) is 12.0 Å². The first-order valence-electron chi connectivity index (χ1n) is 5.68. The fourth-order valence-corrected chi connectivity index (χ4v) is 2.68. The summed E-state index contributed by atoms with van der Waals surface area (Å²) in [4.78, 5) is 11.4. The molecule has 1 spiro atoms. The Morgan fingerprint density at radius 3 is 2.47 bits per heavy atom. The summed E-state index contributed by atoms with van der Waals surface area (Å²) in [5.74, 6) is -0.334. The Morgan fingerprint density at radius 1 is 1.06 bits per heavy atom. The number of hydrogen-bond acceptors (Lipinski definition) is 1. The highest BCUT2D eigenvalue weighted by Crippen LogP contribution is 2.50. The third-order valence-electron chi connectivity index (χ3n) is 3.60. The Balaban J connectivity index is 2.11. The molecule has 17 heavy (non-hydrogen) atoms. The summed E-state index contributed by atoms with van der Waals surface area (Å²) in [5, 5.41) is 0. The summed E-state index contributed by atoms with van der Waals surface area (Å²) >= 11 is 0. The molecule has 0 aromatic rings. The lowest BCUT2D eigenvalue weighted by atomic mass is 9.71. The van der Waals surface area contributed by atoms with Gasteiger partial charge in [-0.25, -0.2) is 0 Å². The maximum Gasteiger partial charge on any atom is 0.244 e. The third kappa shape index (κ3) is 1.37. The second-order valence-electron chi connectivity index (χ2n) is 4.53. The van der Waals surface area contributed by atoms with Crippen molar-refractivity contribution in [3.05, 3.63) is 71.4 Å². The summed E-state index contributed by atoms with van der Waals surface area (Å²) < 4.78 is 0. The summed E-state index contributed by atoms with van der Waals surface area (Å²) in [6.07, 6.45) is 19.0. The van der Waals surface area contributed by atoms with Gasteiger partial charge in [0.05, 0.1) is 0 Å². The molecule has 0 aromatic carbocycles. The van der Waals surface area contributed by atoms with Gasteiger partial charge >= 0.3 is 0 Å². The normalized spacial score (nSPS) is 28.8. The molecular formula is C15H13NO. The van der Waals surface area contributed by atoms with Gasteiger partial charge in [-0.3, -0.25) is 4.79 Å². The molecule has 0 aromatic heterocycles. The van der Waals surface area contributed by atoms with Crippen LogP contribution in [0.25, 0.3) is 0 Å². The first kappa shape index (κ1) is 10.1. The van der Waals surface area contributed by atoms with Crippen LogP contribution in [0.5, 0.6) is 0 Å². The molecule has 0 heterocycles. The molecule has 0 saturated heterocycles. The molecule has 2 nitrogen and oxygen atoms in total. The molecule has 3 aliphatic carbocycles. The molecular weight excluding hydrogens is 210 g/mol. The summed E-state index contributed by atoms with van der Waals surface area (Å²) in [5.41, 5.74) is 8.37. The summed E-state index contributed by atoms with van der Waals surface area (Å²) in [6, 6.07) is 0. The molecule has 3 rings (SSSR count). The number of carbonyl (C=O) groups excluding carboxylic acids is 1. The van der Waals surface area contributed by atoms with Gasteiger partial charge in [-0.1, -0.05) is 54.7 Å². The van der Waals surface area contributed by atoms with Crippen LogP contribution in [0.4, 0.5) is 0 Å². The zero-order chi connectivity index (χ0) is 11.9. The lowest BCUT2D eigenvalue weighted by Gasteiger charge is -2.32. The van der Waals surface area contributed by atoms with E-state index in [2.05, 4.69) is 30.4 Å². The number of hydrogen-bond donors (Lipinski definition) is 1. The van der Waals surface area contributed by atoms with Crippen molar-refractivity contribution in [3.63, 3.8) is 0 Å². The zero-order valence-electron chi connectivity index (χ0n) is 9.39. The minimum absolute atomic E-state index is 0.178. The van der Waals surface area contributed by atoms with E-state index in [-0.39, 0.29) is 11.3 Å². The van der Waals surface area contributed by atoms with Crippen molar-refractivity contribution in [2.75, 3.05) is 0 Å². The minimum Gasteiger partial charge on any atom is -0.366 e. The lowest BCUT2D eigenvalue weighted by molar-refractivity contribution is -0.114. The van der Waals surface area contributed by atoms with E-state index in [9.17, 15) is 4.79 Å². The molecule has 0 fully saturated rings. The van der Waals surface area contributed by atoms with Gasteiger partial charge in [0, 0.05) is 11.0 Å². The van der Waals surface area contributed by atoms with Crippen LogP contribution < -0.4 is 5.73 Å². The van der Waals surface area contributed by atoms with Crippen molar-refractivity contribution >= 4 is 5.91 Å². The maximum absolute atomic E-state index is 11.4. The van der Waals surface area contributed by atoms with Gasteiger partial charge in [-0.05, 0) is 17.6 Å². The molecule has 0 saturated carbocycles. The van der Waals surface area contributed by atoms with E-state index < -0.39 is 0 Å². The van der Waals surface area contributed by atoms with Crippen molar-refractivity contribution in [3.8, 4) is 0 Å². The van der Waals surface area contributed by atoms with Gasteiger partial charge in [-0.2, -0.15) is 0 Å². The number of nitrogens with two attached hydrogens (primary N) is 1. The molecule has 0 bridgehead atoms. The van der Waals surface area contributed by atoms with Gasteiger partial charge in [0.1, 0.15) is 0 Å². The van der Waals surface area contributed by atoms with Crippen molar-refractivity contribution in [2.24, 2.45) is 11.1 Å². The smallest absolute Gasteiger partial charge is 0.244 e. The van der Waals surface area contributed by atoms with Gasteiger partial charge in [0.2, 0.25) is 5.91 Å². The largest absolute Gasteiger partial charge is 0.366 e. The first-order valence-corrected chi connectivity index (χ1v) is 5.68. The molecule has 2 heteroatoms. The third-order valence-corrected chi connectivity index (χ3v) is 3.60. The van der Waals surface area contributed by atoms with Crippen LogP contribution in [0.3, 0.4) is 0 Å². The monoisotopic (exact) mass is 223 g/mol. The van der Waals surface area contributed by atoms with Crippen LogP contribution in [0.1, 0.15) is 6.42 Å². The molecule has 1 amide bonds. The number of allylic oxidation sites excluding steroid dienone is 11. The predicted molar refractivity (Wildman–Crippen MR) is 67.9 cm³/mol. The maximum atomic E-state index is 11.4. The molecule has 1 atom stereocenters. The Bertz CT molecular complexity index is 570. The van der Waals surface area contributed by atoms with E-state index in [4.69, 9.17) is 5.73 Å². The van der Waals surface area contributed by atoms with E-state index >= 15 is 0 Å². The Labute approximate surface area is 100 Å². The fraction of sp³-hybridized carbons (Fsp3) is 0.133. The highest BCUT2D eigenvalue weighted by Gasteiger charge is 2.39. The van der Waals surface area contributed by atoms with Crippen molar-refractivity contribution in [1.82, 2.24) is 0 Å². The van der Waals surface area contributed by atoms with Crippen LogP contribution in [0.2, 0.25) is 0 Å². The van der Waals surface area contributed by atoms with E-state index in [0.717, 1.165) is 0 Å². The molecule has 3 aliphatic rings. The molecule has 2 N–H and O–H groups in total. The average Bonchev–Trinajstić information content (AvgIpc) is 2.57. The molecule has 0 radical (unpaired) electrons. The highest BCUT2D eigenvalue weighted by atomic mass is 16.1. The fourth-order valence-electron chi connectivity index (χ4n) is 2.68. The molecule has 1 unspecified atom stereocenters. The number of amides is 1. The van der Waals surface area contributed by atoms with Crippen LogP contribution in [0.15, 0.2) is 71.4 Å². The van der Waals surface area contributed by atoms with Crippen LogP contribution in [-0.2, 0) is 4.79 Å². The summed E-state index contributed by atoms with van der Waals surface area (Å²) in [7, 11) is 0. The molecule has 0 aliphatic heterocycles. The topological polar surface area (TPSA) is 43.1 Å². The van der Waals surface area contributed by atoms with E-state index in [1.807, 2.05) is 24.3 Å². The van der Waals surface area contributed by atoms with Crippen LogP contribution >= 0.6 is 0 Å². The zero-order valence-corrected chi connectivity index (χ0v) is 9.39. The van der Waals surface area contributed by atoms with Gasteiger partial charge in [0.15, 0.2) is 0 Å². The Kier molecular flexibility index (Phi) is 2.05. The van der Waals surface area contributed by atoms with Crippen LogP contribution in [-0.4, -0.2) is 5.91 Å². The van der Waals surface area contributed by atoms with E-state index in [1.165, 1.54) is 11.1 Å². The Morgan fingerprint density at radius 2 is 1.76 bits per heavy atom. The molecule has 84 valence electrons. The minimum atomic E-state index is -0.334. The van der Waals surface area contributed by atoms with Crippen molar-refractivity contribution < 1.29 is 4.79 Å². The second-order valence-corrected chi connectivity index (χ2v) is 4.53. The van der Waals surface area contributed by atoms with Gasteiger partial charge in [0.25, 0.3) is 0 Å². The van der Waals surface area contributed by atoms with E-state index in [1.54, 1.807) is 0 Å². The second kappa shape index (κ2) is 3.45. The van der Waals surface area contributed by atoms with Crippen LogP contribution in [0, 0.1) is 5.41 Å². The SMILES string of the molecule is NC(=O)C1=CC=CC2=CC=C3C=CC=CC32C1. The number of rotatable bonds is 1. The first-order chi connectivity index (χ1) is 8.22. The Hall–Kier alpha value is -2.09. The highest BCUT2D eigenvalue weighted by molar-refractivity contribution is 5.93. The predicted octanol–water partition coefficient (Wildman–Crippen LogP) is 2.34. The standard InChI is InChI=1S/C15H13NO/c16-14(17)11-4-3-6-13-8-7-12-5-1-2-9-15(12,13)10-11/h1-9H,10H2,(H2,16,17).